The fourth-order valence-electron chi connectivity index (χ4n) is 0.865. The van der Waals surface area contributed by atoms with Gasteiger partial charge in [-0.3, -0.25) is 9.59 Å². The largest absolute Gasteiger partial charge is 0.370 e. The molecule has 88 valence electrons. The van der Waals surface area contributed by atoms with Crippen molar-refractivity contribution in [3.8, 4) is 0 Å². The Morgan fingerprint density at radius 2 is 2.00 bits per heavy atom. The highest BCUT2D eigenvalue weighted by Crippen LogP contribution is 2.19. The summed E-state index contributed by atoms with van der Waals surface area (Å²) in [5.74, 6) is 0.517. The molecule has 0 saturated carbocycles. The minimum atomic E-state index is -0.259. The van der Waals surface area contributed by atoms with Gasteiger partial charge in [-0.05, 0) is 19.8 Å². The van der Waals surface area contributed by atoms with Crippen LogP contribution in [0.15, 0.2) is 0 Å². The van der Waals surface area contributed by atoms with Crippen LogP contribution in [0.25, 0.3) is 0 Å². The number of carbonyl (C=O) groups excluding carboxylic acids is 2. The van der Waals surface area contributed by atoms with E-state index in [-0.39, 0.29) is 10.4 Å². The van der Waals surface area contributed by atoms with Crippen LogP contribution >= 0.6 is 23.8 Å². The summed E-state index contributed by atoms with van der Waals surface area (Å²) in [7, 11) is 0. The first-order chi connectivity index (χ1) is 7.16. The minimum absolute atomic E-state index is 0.00764. The fourth-order valence-corrected chi connectivity index (χ4v) is 2.18. The first-order valence-corrected chi connectivity index (χ1v) is 6.64. The van der Waals surface area contributed by atoms with Crippen molar-refractivity contribution in [2.75, 3.05) is 12.4 Å². The van der Waals surface area contributed by atoms with Gasteiger partial charge in [0, 0.05) is 12.2 Å². The molecule has 4 nitrogen and oxygen atoms in total. The lowest BCUT2D eigenvalue weighted by Gasteiger charge is -1.99. The third-order valence-electron chi connectivity index (χ3n) is 1.53. The molecular formula is C9H17NO3S2. The second-order valence-electron chi connectivity index (χ2n) is 2.87. The monoisotopic (exact) mass is 251 g/mol. The van der Waals surface area contributed by atoms with Crippen molar-refractivity contribution in [1.29, 1.82) is 0 Å². The van der Waals surface area contributed by atoms with Crippen LogP contribution in [0.3, 0.4) is 0 Å². The summed E-state index contributed by atoms with van der Waals surface area (Å²) in [5, 5.41) is 0. The Kier molecular flexibility index (Phi) is 10.2. The van der Waals surface area contributed by atoms with Crippen molar-refractivity contribution in [2.45, 2.75) is 32.6 Å². The van der Waals surface area contributed by atoms with Crippen LogP contribution < -0.4 is 5.73 Å². The van der Waals surface area contributed by atoms with Gasteiger partial charge in [-0.1, -0.05) is 18.2 Å². The number of rotatable bonds is 8. The van der Waals surface area contributed by atoms with Gasteiger partial charge in [0.25, 0.3) is 4.45 Å². The predicted molar refractivity (Wildman–Crippen MR) is 64.7 cm³/mol. The summed E-state index contributed by atoms with van der Waals surface area (Å²) < 4.78 is 4.88. The zero-order valence-electron chi connectivity index (χ0n) is 8.86. The van der Waals surface area contributed by atoms with E-state index in [0.717, 1.165) is 37.1 Å². The molecule has 6 heteroatoms. The molecule has 0 aliphatic rings. The molecule has 0 bridgehead atoms. The Balaban J connectivity index is 3.16. The molecule has 0 aliphatic heterocycles. The van der Waals surface area contributed by atoms with Crippen LogP contribution in [0.2, 0.25) is 0 Å². The van der Waals surface area contributed by atoms with Crippen molar-refractivity contribution in [3.05, 3.63) is 0 Å². The number of nitrogens with two attached hydrogens (primary N) is 1. The molecule has 1 amide bonds. The van der Waals surface area contributed by atoms with Gasteiger partial charge in [-0.25, -0.2) is 0 Å². The SMILES string of the molecule is CCOSC(=O)SCCCCCC(N)=O. The number of carbonyl (C=O) groups is 2. The highest BCUT2D eigenvalue weighted by atomic mass is 32.2. The van der Waals surface area contributed by atoms with E-state index in [1.54, 1.807) is 0 Å². The number of hydrogen-bond donors (Lipinski definition) is 1. The van der Waals surface area contributed by atoms with Gasteiger partial charge >= 0.3 is 0 Å². The highest BCUT2D eigenvalue weighted by molar-refractivity contribution is 8.36. The second-order valence-corrected chi connectivity index (χ2v) is 4.96. The topological polar surface area (TPSA) is 69.4 Å². The molecule has 0 aromatic heterocycles. The average Bonchev–Trinajstić information content (AvgIpc) is 2.19. The van der Waals surface area contributed by atoms with Crippen LogP contribution in [0.5, 0.6) is 0 Å². The van der Waals surface area contributed by atoms with Crippen molar-refractivity contribution >= 4 is 34.2 Å². The summed E-state index contributed by atoms with van der Waals surface area (Å²) >= 11 is 2.15. The molecular weight excluding hydrogens is 234 g/mol. The van der Waals surface area contributed by atoms with Gasteiger partial charge in [0.2, 0.25) is 5.91 Å². The van der Waals surface area contributed by atoms with Crippen LogP contribution in [0.1, 0.15) is 32.6 Å². The van der Waals surface area contributed by atoms with E-state index in [2.05, 4.69) is 0 Å². The number of thioether (sulfide) groups is 1. The van der Waals surface area contributed by atoms with Crippen LogP contribution in [0, 0.1) is 0 Å². The lowest BCUT2D eigenvalue weighted by Crippen LogP contribution is -2.09. The Morgan fingerprint density at radius 3 is 2.60 bits per heavy atom. The molecule has 0 rings (SSSR count). The predicted octanol–water partition coefficient (Wildman–Crippen LogP) is 2.57. The number of primary amides is 1. The minimum Gasteiger partial charge on any atom is -0.370 e. The zero-order chi connectivity index (χ0) is 11.5. The van der Waals surface area contributed by atoms with E-state index >= 15 is 0 Å². The molecule has 15 heavy (non-hydrogen) atoms. The maximum atomic E-state index is 11.1. The first kappa shape index (κ1) is 14.8. The zero-order valence-corrected chi connectivity index (χ0v) is 10.5. The van der Waals surface area contributed by atoms with E-state index in [1.165, 1.54) is 11.8 Å². The molecule has 0 aliphatic carbocycles. The maximum absolute atomic E-state index is 11.1. The van der Waals surface area contributed by atoms with Gasteiger partial charge in [-0.2, -0.15) is 0 Å². The summed E-state index contributed by atoms with van der Waals surface area (Å²) in [6.07, 6.45) is 3.11. The molecule has 0 saturated heterocycles. The van der Waals surface area contributed by atoms with Gasteiger partial charge in [0.05, 0.1) is 18.6 Å². The number of hydrogen-bond acceptors (Lipinski definition) is 5. The maximum Gasteiger partial charge on any atom is 0.272 e. The summed E-state index contributed by atoms with van der Waals surface area (Å²) in [4.78, 5) is 21.5. The lowest BCUT2D eigenvalue weighted by molar-refractivity contribution is -0.118. The van der Waals surface area contributed by atoms with E-state index in [9.17, 15) is 9.59 Å². The first-order valence-electron chi connectivity index (χ1n) is 4.91. The van der Waals surface area contributed by atoms with E-state index in [4.69, 9.17) is 9.92 Å². The lowest BCUT2D eigenvalue weighted by atomic mass is 10.2. The Labute approximate surface area is 98.9 Å². The van der Waals surface area contributed by atoms with Crippen molar-refractivity contribution in [3.63, 3.8) is 0 Å². The normalized spacial score (nSPS) is 10.2. The van der Waals surface area contributed by atoms with Gasteiger partial charge in [0.1, 0.15) is 0 Å². The summed E-state index contributed by atoms with van der Waals surface area (Å²) in [6.45, 7) is 2.38. The number of amides is 1. The van der Waals surface area contributed by atoms with E-state index in [0.29, 0.717) is 13.0 Å². The number of unbranched alkanes of at least 4 members (excludes halogenated alkanes) is 2. The summed E-state index contributed by atoms with van der Waals surface area (Å²) in [5.41, 5.74) is 4.99. The van der Waals surface area contributed by atoms with E-state index < -0.39 is 0 Å². The van der Waals surface area contributed by atoms with Crippen LogP contribution in [0.4, 0.5) is 4.79 Å². The Bertz CT molecular complexity index is 200. The smallest absolute Gasteiger partial charge is 0.272 e. The molecule has 0 aromatic carbocycles. The van der Waals surface area contributed by atoms with Crippen molar-refractivity contribution < 1.29 is 13.8 Å². The molecule has 0 fully saturated rings. The molecule has 2 N–H and O–H groups in total. The fraction of sp³-hybridized carbons (Fsp3) is 0.778. The van der Waals surface area contributed by atoms with Gasteiger partial charge < -0.3 is 9.92 Å². The quantitative estimate of drug-likeness (QED) is 0.530. The second kappa shape index (κ2) is 10.3. The molecule has 0 atom stereocenters. The molecule has 0 radical (unpaired) electrons. The highest BCUT2D eigenvalue weighted by Gasteiger charge is 2.03. The Hall–Kier alpha value is -0.200. The third-order valence-corrected chi connectivity index (χ3v) is 3.31. The third kappa shape index (κ3) is 11.7. The molecule has 0 aromatic rings. The molecule has 0 spiro atoms. The molecule has 0 unspecified atom stereocenters. The van der Waals surface area contributed by atoms with Crippen LogP contribution in [-0.4, -0.2) is 22.7 Å². The van der Waals surface area contributed by atoms with Crippen molar-refractivity contribution in [1.82, 2.24) is 0 Å². The van der Waals surface area contributed by atoms with Gasteiger partial charge in [-0.15, -0.1) is 0 Å². The van der Waals surface area contributed by atoms with E-state index in [1.807, 2.05) is 6.92 Å². The van der Waals surface area contributed by atoms with Gasteiger partial charge in [0.15, 0.2) is 0 Å². The standard InChI is InChI=1S/C9H17NO3S2/c1-2-13-15-9(12)14-7-5-3-4-6-8(10)11/h2-7H2,1H3,(H2,10,11). The average molecular weight is 251 g/mol. The van der Waals surface area contributed by atoms with Crippen LogP contribution in [-0.2, 0) is 8.98 Å². The Morgan fingerprint density at radius 1 is 1.27 bits per heavy atom. The molecule has 0 heterocycles. The van der Waals surface area contributed by atoms with Crippen molar-refractivity contribution in [2.24, 2.45) is 5.73 Å². The summed E-state index contributed by atoms with van der Waals surface area (Å²) in [6, 6.07) is 0.